The van der Waals surface area contributed by atoms with E-state index < -0.39 is 0 Å². The predicted octanol–water partition coefficient (Wildman–Crippen LogP) is 3.94. The normalized spacial score (nSPS) is 10.2. The first-order valence-corrected chi connectivity index (χ1v) is 6.40. The fraction of sp³-hybridized carbons (Fsp3) is 0.231. The molecule has 0 radical (unpaired) electrons. The second-order valence-corrected chi connectivity index (χ2v) is 4.65. The number of halogens is 1. The molecule has 1 heterocycles. The van der Waals surface area contributed by atoms with Crippen LogP contribution in [0.1, 0.15) is 18.9 Å². The largest absolute Gasteiger partial charge is 0.339 e. The van der Waals surface area contributed by atoms with Gasteiger partial charge < -0.3 is 5.32 Å². The molecule has 0 bridgehead atoms. The maximum absolute atomic E-state index is 4.16. The molecular weight excluding hydrogens is 278 g/mol. The molecule has 0 unspecified atom stereocenters. The number of nitrogens with one attached hydrogen (secondary N) is 1. The molecule has 0 aliphatic heterocycles. The average Bonchev–Trinajstić information content (AvgIpc) is 2.35. The van der Waals surface area contributed by atoms with Crippen LogP contribution < -0.4 is 5.32 Å². The molecule has 4 heteroatoms. The van der Waals surface area contributed by atoms with Crippen molar-refractivity contribution in [2.24, 2.45) is 0 Å². The van der Waals surface area contributed by atoms with Crippen molar-refractivity contribution in [1.29, 1.82) is 0 Å². The van der Waals surface area contributed by atoms with Gasteiger partial charge in [0.1, 0.15) is 12.1 Å². The predicted molar refractivity (Wildman–Crippen MR) is 73.5 cm³/mol. The minimum absolute atomic E-state index is 0.781. The van der Waals surface area contributed by atoms with Gasteiger partial charge in [0.25, 0.3) is 0 Å². The Kier molecular flexibility index (Phi) is 4.09. The number of rotatable bonds is 4. The highest BCUT2D eigenvalue weighted by atomic mass is 79.9. The van der Waals surface area contributed by atoms with E-state index in [1.165, 1.54) is 18.3 Å². The molecular formula is C13H14BrN3. The fourth-order valence-electron chi connectivity index (χ4n) is 1.58. The minimum atomic E-state index is 0.781. The lowest BCUT2D eigenvalue weighted by atomic mass is 10.1. The topological polar surface area (TPSA) is 37.8 Å². The third-order valence-electron chi connectivity index (χ3n) is 2.42. The third kappa shape index (κ3) is 3.27. The van der Waals surface area contributed by atoms with Crippen molar-refractivity contribution >= 4 is 27.4 Å². The van der Waals surface area contributed by atoms with Gasteiger partial charge in [0.05, 0.1) is 4.47 Å². The summed E-state index contributed by atoms with van der Waals surface area (Å²) in [5.41, 5.74) is 2.39. The molecule has 2 aromatic rings. The van der Waals surface area contributed by atoms with E-state index >= 15 is 0 Å². The van der Waals surface area contributed by atoms with Gasteiger partial charge in [-0.05, 0) is 40.0 Å². The molecule has 0 fully saturated rings. The quantitative estimate of drug-likeness (QED) is 0.927. The SMILES string of the molecule is CCCc1ccc(Nc2ncncc2Br)cc1. The molecule has 0 amide bonds. The maximum atomic E-state index is 4.16. The van der Waals surface area contributed by atoms with Gasteiger partial charge in [-0.3, -0.25) is 0 Å². The molecule has 17 heavy (non-hydrogen) atoms. The average molecular weight is 292 g/mol. The highest BCUT2D eigenvalue weighted by molar-refractivity contribution is 9.10. The summed E-state index contributed by atoms with van der Waals surface area (Å²) in [6.45, 7) is 2.18. The highest BCUT2D eigenvalue weighted by Crippen LogP contribution is 2.22. The Bertz CT molecular complexity index is 482. The number of hydrogen-bond acceptors (Lipinski definition) is 3. The second kappa shape index (κ2) is 5.77. The Morgan fingerprint density at radius 3 is 2.65 bits per heavy atom. The summed E-state index contributed by atoms with van der Waals surface area (Å²) < 4.78 is 0.859. The first-order chi connectivity index (χ1) is 8.29. The van der Waals surface area contributed by atoms with Crippen LogP contribution in [0.25, 0.3) is 0 Å². The molecule has 0 atom stereocenters. The molecule has 0 aliphatic rings. The van der Waals surface area contributed by atoms with Crippen molar-refractivity contribution in [2.75, 3.05) is 5.32 Å². The van der Waals surface area contributed by atoms with Gasteiger partial charge in [-0.25, -0.2) is 9.97 Å². The van der Waals surface area contributed by atoms with E-state index in [4.69, 9.17) is 0 Å². The van der Waals surface area contributed by atoms with Gasteiger partial charge in [0, 0.05) is 11.9 Å². The van der Waals surface area contributed by atoms with E-state index in [-0.39, 0.29) is 0 Å². The zero-order chi connectivity index (χ0) is 12.1. The Morgan fingerprint density at radius 1 is 1.24 bits per heavy atom. The summed E-state index contributed by atoms with van der Waals surface area (Å²) in [6.07, 6.45) is 5.54. The van der Waals surface area contributed by atoms with E-state index in [2.05, 4.69) is 62.4 Å². The number of anilines is 2. The number of nitrogens with zero attached hydrogens (tertiary/aromatic N) is 2. The van der Waals surface area contributed by atoms with Crippen molar-refractivity contribution in [2.45, 2.75) is 19.8 Å². The van der Waals surface area contributed by atoms with Gasteiger partial charge in [-0.15, -0.1) is 0 Å². The van der Waals surface area contributed by atoms with Crippen LogP contribution in [0.5, 0.6) is 0 Å². The first kappa shape index (κ1) is 12.0. The maximum Gasteiger partial charge on any atom is 0.148 e. The zero-order valence-electron chi connectivity index (χ0n) is 9.65. The summed E-state index contributed by atoms with van der Waals surface area (Å²) in [7, 11) is 0. The summed E-state index contributed by atoms with van der Waals surface area (Å²) in [6, 6.07) is 8.42. The minimum Gasteiger partial charge on any atom is -0.339 e. The van der Waals surface area contributed by atoms with Crippen LogP contribution in [0.4, 0.5) is 11.5 Å². The van der Waals surface area contributed by atoms with Crippen molar-refractivity contribution < 1.29 is 0 Å². The van der Waals surface area contributed by atoms with Gasteiger partial charge in [-0.1, -0.05) is 25.5 Å². The molecule has 1 aromatic carbocycles. The third-order valence-corrected chi connectivity index (χ3v) is 3.00. The van der Waals surface area contributed by atoms with E-state index in [0.29, 0.717) is 0 Å². The van der Waals surface area contributed by atoms with Crippen LogP contribution in [-0.2, 0) is 6.42 Å². The molecule has 0 spiro atoms. The van der Waals surface area contributed by atoms with E-state index in [1.807, 2.05) is 0 Å². The molecule has 0 saturated carbocycles. The Hall–Kier alpha value is -1.42. The highest BCUT2D eigenvalue weighted by Gasteiger charge is 2.01. The van der Waals surface area contributed by atoms with Crippen molar-refractivity contribution in [3.8, 4) is 0 Å². The Labute approximate surface area is 109 Å². The van der Waals surface area contributed by atoms with Crippen LogP contribution in [-0.4, -0.2) is 9.97 Å². The smallest absolute Gasteiger partial charge is 0.148 e. The molecule has 1 aromatic heterocycles. The second-order valence-electron chi connectivity index (χ2n) is 3.79. The Morgan fingerprint density at radius 2 is 2.00 bits per heavy atom. The van der Waals surface area contributed by atoms with Crippen molar-refractivity contribution in [3.05, 3.63) is 46.8 Å². The van der Waals surface area contributed by atoms with E-state index in [1.54, 1.807) is 6.20 Å². The van der Waals surface area contributed by atoms with E-state index in [0.717, 1.165) is 22.4 Å². The lowest BCUT2D eigenvalue weighted by molar-refractivity contribution is 0.922. The summed E-state index contributed by atoms with van der Waals surface area (Å²) in [4.78, 5) is 8.09. The van der Waals surface area contributed by atoms with Crippen LogP contribution in [0.15, 0.2) is 41.3 Å². The first-order valence-electron chi connectivity index (χ1n) is 5.61. The van der Waals surface area contributed by atoms with Gasteiger partial charge >= 0.3 is 0 Å². The number of aryl methyl sites for hydroxylation is 1. The van der Waals surface area contributed by atoms with Gasteiger partial charge in [0.15, 0.2) is 0 Å². The molecule has 1 N–H and O–H groups in total. The van der Waals surface area contributed by atoms with Crippen LogP contribution in [0.3, 0.4) is 0 Å². The molecule has 3 nitrogen and oxygen atoms in total. The van der Waals surface area contributed by atoms with Crippen LogP contribution in [0.2, 0.25) is 0 Å². The number of aromatic nitrogens is 2. The molecule has 88 valence electrons. The van der Waals surface area contributed by atoms with Gasteiger partial charge in [-0.2, -0.15) is 0 Å². The lowest BCUT2D eigenvalue weighted by Crippen LogP contribution is -1.95. The van der Waals surface area contributed by atoms with Gasteiger partial charge in [0.2, 0.25) is 0 Å². The fourth-order valence-corrected chi connectivity index (χ4v) is 1.90. The van der Waals surface area contributed by atoms with Crippen LogP contribution in [0, 0.1) is 0 Å². The molecule has 2 rings (SSSR count). The standard InChI is InChI=1S/C13H14BrN3/c1-2-3-10-4-6-11(7-5-10)17-13-12(14)8-15-9-16-13/h4-9H,2-3H2,1H3,(H,15,16,17). The lowest BCUT2D eigenvalue weighted by Gasteiger charge is -2.07. The summed E-state index contributed by atoms with van der Waals surface area (Å²) in [5, 5.41) is 3.24. The molecule has 0 saturated heterocycles. The van der Waals surface area contributed by atoms with Crippen molar-refractivity contribution in [3.63, 3.8) is 0 Å². The zero-order valence-corrected chi connectivity index (χ0v) is 11.2. The number of benzene rings is 1. The van der Waals surface area contributed by atoms with Crippen LogP contribution >= 0.6 is 15.9 Å². The Balaban J connectivity index is 2.11. The number of hydrogen-bond donors (Lipinski definition) is 1. The summed E-state index contributed by atoms with van der Waals surface area (Å²) >= 11 is 3.41. The monoisotopic (exact) mass is 291 g/mol. The van der Waals surface area contributed by atoms with E-state index in [9.17, 15) is 0 Å². The summed E-state index contributed by atoms with van der Waals surface area (Å²) in [5.74, 6) is 0.781. The van der Waals surface area contributed by atoms with Crippen molar-refractivity contribution in [1.82, 2.24) is 9.97 Å². The molecule has 0 aliphatic carbocycles.